The molecule has 0 atom stereocenters. The van der Waals surface area contributed by atoms with Gasteiger partial charge in [-0.3, -0.25) is 0 Å². The summed E-state index contributed by atoms with van der Waals surface area (Å²) in [5, 5.41) is 0. The maximum Gasteiger partial charge on any atom is 0.0575 e. The summed E-state index contributed by atoms with van der Waals surface area (Å²) in [5.41, 5.74) is 0. The highest BCUT2D eigenvalue weighted by molar-refractivity contribution is 4.84. The Kier molecular flexibility index (Phi) is 7.13. The first-order valence-corrected chi connectivity index (χ1v) is 9.06. The third-order valence-corrected chi connectivity index (χ3v) is 5.56. The maximum absolute atomic E-state index is 5.89. The molecule has 2 saturated carbocycles. The maximum atomic E-state index is 5.89. The largest absolute Gasteiger partial charge is 0.378 e. The van der Waals surface area contributed by atoms with Crippen LogP contribution in [0.25, 0.3) is 0 Å². The van der Waals surface area contributed by atoms with E-state index in [1.54, 1.807) is 0 Å². The first-order chi connectivity index (χ1) is 9.81. The van der Waals surface area contributed by atoms with Gasteiger partial charge in [-0.25, -0.2) is 0 Å². The Hall–Kier alpha value is -0.300. The Bertz CT molecular complexity index is 257. The van der Waals surface area contributed by atoms with E-state index < -0.39 is 0 Å². The molecule has 0 saturated heterocycles. The van der Waals surface area contributed by atoms with Crippen LogP contribution in [0.15, 0.2) is 12.7 Å². The zero-order valence-electron chi connectivity index (χ0n) is 13.5. The SMILES string of the molecule is C=CC1CCC(CCC2CCC(OCCC)CC2)CC1. The van der Waals surface area contributed by atoms with Crippen LogP contribution in [0.1, 0.15) is 77.6 Å². The third kappa shape index (κ3) is 5.24. The standard InChI is InChI=1S/C19H34O/c1-3-15-20-19-13-11-18(12-14-19)10-9-17-7-5-16(4-2)6-8-17/h4,16-19H,2-3,5-15H2,1H3. The Morgan fingerprint density at radius 2 is 1.45 bits per heavy atom. The molecule has 0 radical (unpaired) electrons. The highest BCUT2D eigenvalue weighted by Crippen LogP contribution is 2.35. The van der Waals surface area contributed by atoms with Crippen LogP contribution >= 0.6 is 0 Å². The van der Waals surface area contributed by atoms with Gasteiger partial charge in [-0.1, -0.05) is 25.8 Å². The lowest BCUT2D eigenvalue weighted by molar-refractivity contribution is 0.0168. The minimum Gasteiger partial charge on any atom is -0.378 e. The molecule has 0 aromatic carbocycles. The third-order valence-electron chi connectivity index (χ3n) is 5.56. The summed E-state index contributed by atoms with van der Waals surface area (Å²) in [5.74, 6) is 2.83. The van der Waals surface area contributed by atoms with Gasteiger partial charge in [0.05, 0.1) is 6.10 Å². The van der Waals surface area contributed by atoms with Crippen molar-refractivity contribution in [3.8, 4) is 0 Å². The molecule has 1 heteroatoms. The molecule has 2 fully saturated rings. The Morgan fingerprint density at radius 3 is 1.95 bits per heavy atom. The average molecular weight is 278 g/mol. The van der Waals surface area contributed by atoms with E-state index >= 15 is 0 Å². The summed E-state index contributed by atoms with van der Waals surface area (Å²) in [6.45, 7) is 7.11. The summed E-state index contributed by atoms with van der Waals surface area (Å²) in [6, 6.07) is 0. The van der Waals surface area contributed by atoms with Crippen LogP contribution in [0, 0.1) is 17.8 Å². The van der Waals surface area contributed by atoms with Gasteiger partial charge < -0.3 is 4.74 Å². The molecule has 2 aliphatic carbocycles. The molecule has 0 N–H and O–H groups in total. The molecule has 0 aliphatic heterocycles. The van der Waals surface area contributed by atoms with Gasteiger partial charge in [-0.2, -0.15) is 0 Å². The van der Waals surface area contributed by atoms with Crippen molar-refractivity contribution in [3.05, 3.63) is 12.7 Å². The van der Waals surface area contributed by atoms with Crippen LogP contribution in [-0.2, 0) is 4.74 Å². The lowest BCUT2D eigenvalue weighted by atomic mass is 9.77. The number of hydrogen-bond acceptors (Lipinski definition) is 1. The number of hydrogen-bond donors (Lipinski definition) is 0. The summed E-state index contributed by atoms with van der Waals surface area (Å²) in [6.07, 6.45) is 18.0. The molecule has 0 heterocycles. The minimum absolute atomic E-state index is 0.578. The summed E-state index contributed by atoms with van der Waals surface area (Å²) in [4.78, 5) is 0. The second kappa shape index (κ2) is 8.87. The molecule has 116 valence electrons. The van der Waals surface area contributed by atoms with Crippen LogP contribution in [-0.4, -0.2) is 12.7 Å². The van der Waals surface area contributed by atoms with E-state index in [1.807, 2.05) is 0 Å². The van der Waals surface area contributed by atoms with Crippen molar-refractivity contribution in [2.75, 3.05) is 6.61 Å². The number of ether oxygens (including phenoxy) is 1. The second-order valence-corrected chi connectivity index (χ2v) is 7.11. The van der Waals surface area contributed by atoms with Gasteiger partial charge in [0.15, 0.2) is 0 Å². The molecule has 2 aliphatic rings. The van der Waals surface area contributed by atoms with Gasteiger partial charge in [-0.15, -0.1) is 6.58 Å². The second-order valence-electron chi connectivity index (χ2n) is 7.11. The molecule has 0 amide bonds. The van der Waals surface area contributed by atoms with Gasteiger partial charge in [0, 0.05) is 6.61 Å². The van der Waals surface area contributed by atoms with Crippen LogP contribution in [0.3, 0.4) is 0 Å². The monoisotopic (exact) mass is 278 g/mol. The molecule has 0 bridgehead atoms. The van der Waals surface area contributed by atoms with Crippen molar-refractivity contribution >= 4 is 0 Å². The fourth-order valence-corrected chi connectivity index (χ4v) is 4.06. The van der Waals surface area contributed by atoms with Crippen molar-refractivity contribution in [3.63, 3.8) is 0 Å². The molecule has 0 aromatic rings. The van der Waals surface area contributed by atoms with E-state index in [4.69, 9.17) is 4.74 Å². The molecule has 2 rings (SSSR count). The minimum atomic E-state index is 0.578. The van der Waals surface area contributed by atoms with Crippen molar-refractivity contribution in [2.24, 2.45) is 17.8 Å². The first-order valence-electron chi connectivity index (χ1n) is 9.06. The lowest BCUT2D eigenvalue weighted by Crippen LogP contribution is -2.22. The van der Waals surface area contributed by atoms with Crippen molar-refractivity contribution < 1.29 is 4.74 Å². The van der Waals surface area contributed by atoms with E-state index in [0.717, 1.165) is 30.8 Å². The predicted molar refractivity (Wildman–Crippen MR) is 86.9 cm³/mol. The van der Waals surface area contributed by atoms with Crippen molar-refractivity contribution in [2.45, 2.75) is 83.7 Å². The van der Waals surface area contributed by atoms with Crippen LogP contribution in [0.2, 0.25) is 0 Å². The number of rotatable bonds is 7. The zero-order chi connectivity index (χ0) is 14.2. The molecular weight excluding hydrogens is 244 g/mol. The van der Waals surface area contributed by atoms with Gasteiger partial charge >= 0.3 is 0 Å². The molecular formula is C19H34O. The van der Waals surface area contributed by atoms with Gasteiger partial charge in [0.25, 0.3) is 0 Å². The Balaban J connectivity index is 1.56. The topological polar surface area (TPSA) is 9.23 Å². The van der Waals surface area contributed by atoms with E-state index in [2.05, 4.69) is 19.6 Å². The summed E-state index contributed by atoms with van der Waals surface area (Å²) >= 11 is 0. The fourth-order valence-electron chi connectivity index (χ4n) is 4.06. The highest BCUT2D eigenvalue weighted by atomic mass is 16.5. The summed E-state index contributed by atoms with van der Waals surface area (Å²) < 4.78 is 5.89. The van der Waals surface area contributed by atoms with Gasteiger partial charge in [0.1, 0.15) is 0 Å². The van der Waals surface area contributed by atoms with Crippen LogP contribution < -0.4 is 0 Å². The van der Waals surface area contributed by atoms with Crippen molar-refractivity contribution in [1.82, 2.24) is 0 Å². The molecule has 1 nitrogen and oxygen atoms in total. The van der Waals surface area contributed by atoms with E-state index in [1.165, 1.54) is 64.2 Å². The average Bonchev–Trinajstić information content (AvgIpc) is 2.52. The molecule has 20 heavy (non-hydrogen) atoms. The van der Waals surface area contributed by atoms with Crippen LogP contribution in [0.4, 0.5) is 0 Å². The molecule has 0 spiro atoms. The Labute approximate surface area is 126 Å². The predicted octanol–water partition coefficient (Wildman–Crippen LogP) is 5.74. The molecule has 0 aromatic heterocycles. The zero-order valence-corrected chi connectivity index (χ0v) is 13.5. The van der Waals surface area contributed by atoms with E-state index in [-0.39, 0.29) is 0 Å². The van der Waals surface area contributed by atoms with Crippen LogP contribution in [0.5, 0.6) is 0 Å². The summed E-state index contributed by atoms with van der Waals surface area (Å²) in [7, 11) is 0. The van der Waals surface area contributed by atoms with Gasteiger partial charge in [0.2, 0.25) is 0 Å². The number of allylic oxidation sites excluding steroid dienone is 1. The normalized spacial score (nSPS) is 34.9. The molecule has 0 unspecified atom stereocenters. The fraction of sp³-hybridized carbons (Fsp3) is 0.895. The van der Waals surface area contributed by atoms with E-state index in [9.17, 15) is 0 Å². The Morgan fingerprint density at radius 1 is 0.900 bits per heavy atom. The lowest BCUT2D eigenvalue weighted by Gasteiger charge is -2.31. The van der Waals surface area contributed by atoms with Gasteiger partial charge in [-0.05, 0) is 75.5 Å². The smallest absolute Gasteiger partial charge is 0.0575 e. The first kappa shape index (κ1) is 16.1. The van der Waals surface area contributed by atoms with E-state index in [0.29, 0.717) is 6.10 Å². The quantitative estimate of drug-likeness (QED) is 0.539. The van der Waals surface area contributed by atoms with Crippen molar-refractivity contribution in [1.29, 1.82) is 0 Å². The highest BCUT2D eigenvalue weighted by Gasteiger charge is 2.24.